The molecule has 0 aliphatic carbocycles. The molecule has 0 aromatic heterocycles. The number of para-hydroxylation sites is 1. The first-order chi connectivity index (χ1) is 10.3. The molecule has 3 rings (SSSR count). The summed E-state index contributed by atoms with van der Waals surface area (Å²) in [6.07, 6.45) is 2.92. The number of aldehydes is 1. The molecular weight excluding hydrogens is 264 g/mol. The highest BCUT2D eigenvalue weighted by atomic mass is 16.5. The third kappa shape index (κ3) is 3.44. The van der Waals surface area contributed by atoms with Gasteiger partial charge in [-0.2, -0.15) is 0 Å². The van der Waals surface area contributed by atoms with Crippen molar-refractivity contribution < 1.29 is 9.53 Å². The minimum Gasteiger partial charge on any atom is -0.381 e. The van der Waals surface area contributed by atoms with Gasteiger partial charge in [-0.25, -0.2) is 0 Å². The number of carbonyl (C=O) groups excluding carboxylic acids is 1. The van der Waals surface area contributed by atoms with Crippen molar-refractivity contribution in [2.75, 3.05) is 50.8 Å². The predicted octanol–water partition coefficient (Wildman–Crippen LogP) is 1.80. The second-order valence-electron chi connectivity index (χ2n) is 6.19. The van der Waals surface area contributed by atoms with E-state index in [1.165, 1.54) is 12.0 Å². The SMILES string of the molecule is O=CC1(CN2CCN(c3ccccc3)CC2)CCOCC1. The van der Waals surface area contributed by atoms with Crippen molar-refractivity contribution in [3.8, 4) is 0 Å². The predicted molar refractivity (Wildman–Crippen MR) is 83.6 cm³/mol. The Morgan fingerprint density at radius 2 is 1.71 bits per heavy atom. The summed E-state index contributed by atoms with van der Waals surface area (Å²) in [6, 6.07) is 10.6. The van der Waals surface area contributed by atoms with E-state index in [0.29, 0.717) is 0 Å². The summed E-state index contributed by atoms with van der Waals surface area (Å²) in [7, 11) is 0. The lowest BCUT2D eigenvalue weighted by Gasteiger charge is -2.41. The number of benzene rings is 1. The lowest BCUT2D eigenvalue weighted by Crippen LogP contribution is -2.51. The van der Waals surface area contributed by atoms with Crippen LogP contribution in [0.5, 0.6) is 0 Å². The second-order valence-corrected chi connectivity index (χ2v) is 6.19. The molecule has 2 heterocycles. The zero-order valence-electron chi connectivity index (χ0n) is 12.5. The Morgan fingerprint density at radius 1 is 1.05 bits per heavy atom. The van der Waals surface area contributed by atoms with Gasteiger partial charge in [0, 0.05) is 57.0 Å². The maximum atomic E-state index is 11.5. The summed E-state index contributed by atoms with van der Waals surface area (Å²) in [5, 5.41) is 0. The Hall–Kier alpha value is -1.39. The Kier molecular flexibility index (Phi) is 4.56. The van der Waals surface area contributed by atoms with E-state index in [9.17, 15) is 4.79 Å². The van der Waals surface area contributed by atoms with Crippen molar-refractivity contribution in [1.29, 1.82) is 0 Å². The van der Waals surface area contributed by atoms with Crippen LogP contribution < -0.4 is 4.90 Å². The van der Waals surface area contributed by atoms with Crippen LogP contribution in [0.15, 0.2) is 30.3 Å². The van der Waals surface area contributed by atoms with Gasteiger partial charge in [0.05, 0.1) is 0 Å². The molecule has 0 amide bonds. The number of ether oxygens (including phenoxy) is 1. The maximum Gasteiger partial charge on any atom is 0.127 e. The van der Waals surface area contributed by atoms with Gasteiger partial charge in [-0.1, -0.05) is 18.2 Å². The van der Waals surface area contributed by atoms with E-state index in [1.807, 2.05) is 0 Å². The average molecular weight is 288 g/mol. The molecule has 2 fully saturated rings. The lowest BCUT2D eigenvalue weighted by molar-refractivity contribution is -0.123. The summed E-state index contributed by atoms with van der Waals surface area (Å²) >= 11 is 0. The van der Waals surface area contributed by atoms with Gasteiger partial charge in [-0.05, 0) is 25.0 Å². The van der Waals surface area contributed by atoms with Crippen LogP contribution >= 0.6 is 0 Å². The van der Waals surface area contributed by atoms with Gasteiger partial charge in [0.1, 0.15) is 6.29 Å². The van der Waals surface area contributed by atoms with Crippen molar-refractivity contribution in [2.24, 2.45) is 5.41 Å². The normalized spacial score (nSPS) is 23.0. The molecule has 2 aliphatic rings. The van der Waals surface area contributed by atoms with Crippen LogP contribution in [0.4, 0.5) is 5.69 Å². The van der Waals surface area contributed by atoms with E-state index in [-0.39, 0.29) is 5.41 Å². The Labute approximate surface area is 126 Å². The molecule has 114 valence electrons. The molecule has 0 bridgehead atoms. The molecular formula is C17H24N2O2. The molecule has 2 saturated heterocycles. The summed E-state index contributed by atoms with van der Waals surface area (Å²) in [5.41, 5.74) is 1.13. The monoisotopic (exact) mass is 288 g/mol. The third-order valence-corrected chi connectivity index (χ3v) is 4.77. The van der Waals surface area contributed by atoms with Gasteiger partial charge in [-0.3, -0.25) is 4.90 Å². The van der Waals surface area contributed by atoms with Gasteiger partial charge >= 0.3 is 0 Å². The third-order valence-electron chi connectivity index (χ3n) is 4.77. The number of carbonyl (C=O) groups is 1. The molecule has 0 radical (unpaired) electrons. The van der Waals surface area contributed by atoms with E-state index in [2.05, 4.69) is 40.1 Å². The van der Waals surface area contributed by atoms with Gasteiger partial charge in [-0.15, -0.1) is 0 Å². The highest BCUT2D eigenvalue weighted by Crippen LogP contribution is 2.29. The van der Waals surface area contributed by atoms with Crippen molar-refractivity contribution in [3.05, 3.63) is 30.3 Å². The van der Waals surface area contributed by atoms with Crippen molar-refractivity contribution >= 4 is 12.0 Å². The van der Waals surface area contributed by atoms with E-state index in [0.717, 1.165) is 58.8 Å². The number of rotatable bonds is 4. The van der Waals surface area contributed by atoms with Gasteiger partial charge in [0.2, 0.25) is 0 Å². The number of anilines is 1. The Balaban J connectivity index is 1.55. The molecule has 4 nitrogen and oxygen atoms in total. The van der Waals surface area contributed by atoms with Gasteiger partial charge in [0.25, 0.3) is 0 Å². The maximum absolute atomic E-state index is 11.5. The summed E-state index contributed by atoms with van der Waals surface area (Å²) in [6.45, 7) is 6.48. The summed E-state index contributed by atoms with van der Waals surface area (Å²) in [4.78, 5) is 16.4. The van der Waals surface area contributed by atoms with Crippen LogP contribution in [0.1, 0.15) is 12.8 Å². The zero-order valence-corrected chi connectivity index (χ0v) is 12.5. The van der Waals surface area contributed by atoms with E-state index < -0.39 is 0 Å². The fraction of sp³-hybridized carbons (Fsp3) is 0.588. The minimum atomic E-state index is -0.173. The van der Waals surface area contributed by atoms with Crippen LogP contribution in [0.3, 0.4) is 0 Å². The largest absolute Gasteiger partial charge is 0.381 e. The molecule has 1 aromatic carbocycles. The lowest BCUT2D eigenvalue weighted by atomic mass is 9.81. The van der Waals surface area contributed by atoms with Crippen molar-refractivity contribution in [3.63, 3.8) is 0 Å². The van der Waals surface area contributed by atoms with Crippen LogP contribution in [0, 0.1) is 5.41 Å². The van der Waals surface area contributed by atoms with Crippen LogP contribution in [0.25, 0.3) is 0 Å². The molecule has 1 aromatic rings. The quantitative estimate of drug-likeness (QED) is 0.791. The number of hydrogen-bond donors (Lipinski definition) is 0. The van der Waals surface area contributed by atoms with Crippen molar-refractivity contribution in [2.45, 2.75) is 12.8 Å². The van der Waals surface area contributed by atoms with Gasteiger partial charge in [0.15, 0.2) is 0 Å². The van der Waals surface area contributed by atoms with Crippen LogP contribution in [0.2, 0.25) is 0 Å². The first kappa shape index (κ1) is 14.5. The molecule has 4 heteroatoms. The molecule has 0 atom stereocenters. The molecule has 0 N–H and O–H groups in total. The Morgan fingerprint density at radius 3 is 2.33 bits per heavy atom. The Bertz CT molecular complexity index is 449. The minimum absolute atomic E-state index is 0.173. The molecule has 21 heavy (non-hydrogen) atoms. The van der Waals surface area contributed by atoms with E-state index in [1.54, 1.807) is 0 Å². The molecule has 0 unspecified atom stereocenters. The highest BCUT2D eigenvalue weighted by Gasteiger charge is 2.35. The summed E-state index contributed by atoms with van der Waals surface area (Å²) < 4.78 is 5.41. The number of hydrogen-bond acceptors (Lipinski definition) is 4. The van der Waals surface area contributed by atoms with Gasteiger partial charge < -0.3 is 14.4 Å². The standard InChI is InChI=1S/C17H24N2O2/c20-15-17(6-12-21-13-7-17)14-18-8-10-19(11-9-18)16-4-2-1-3-5-16/h1-5,15H,6-14H2. The topological polar surface area (TPSA) is 32.8 Å². The first-order valence-corrected chi connectivity index (χ1v) is 7.88. The summed E-state index contributed by atoms with van der Waals surface area (Å²) in [5.74, 6) is 0. The van der Waals surface area contributed by atoms with Crippen molar-refractivity contribution in [1.82, 2.24) is 4.90 Å². The average Bonchev–Trinajstić information content (AvgIpc) is 2.57. The number of nitrogens with zero attached hydrogens (tertiary/aromatic N) is 2. The second kappa shape index (κ2) is 6.58. The zero-order chi connectivity index (χ0) is 14.5. The van der Waals surface area contributed by atoms with Crippen LogP contribution in [-0.4, -0.2) is 57.1 Å². The fourth-order valence-electron chi connectivity index (χ4n) is 3.34. The highest BCUT2D eigenvalue weighted by molar-refractivity contribution is 5.60. The number of piperazine rings is 1. The molecule has 0 spiro atoms. The van der Waals surface area contributed by atoms with Crippen LogP contribution in [-0.2, 0) is 9.53 Å². The molecule has 0 saturated carbocycles. The fourth-order valence-corrected chi connectivity index (χ4v) is 3.34. The van der Waals surface area contributed by atoms with E-state index >= 15 is 0 Å². The van der Waals surface area contributed by atoms with E-state index in [4.69, 9.17) is 4.74 Å². The first-order valence-electron chi connectivity index (χ1n) is 7.88. The smallest absolute Gasteiger partial charge is 0.127 e. The molecule has 2 aliphatic heterocycles.